The predicted octanol–water partition coefficient (Wildman–Crippen LogP) is 2.45. The van der Waals surface area contributed by atoms with E-state index in [0.717, 1.165) is 32.5 Å². The molecule has 0 amide bonds. The van der Waals surface area contributed by atoms with Crippen LogP contribution in [0.5, 0.6) is 0 Å². The van der Waals surface area contributed by atoms with Gasteiger partial charge in [-0.2, -0.15) is 0 Å². The van der Waals surface area contributed by atoms with Gasteiger partial charge < -0.3 is 9.47 Å². The van der Waals surface area contributed by atoms with Gasteiger partial charge in [-0.15, -0.1) is 11.6 Å². The Morgan fingerprint density at radius 2 is 2.38 bits per heavy atom. The van der Waals surface area contributed by atoms with Gasteiger partial charge in [0.15, 0.2) is 0 Å². The molecule has 1 aliphatic heterocycles. The molecule has 0 N–H and O–H groups in total. The molecule has 2 unspecified atom stereocenters. The van der Waals surface area contributed by atoms with Crippen LogP contribution < -0.4 is 0 Å². The Labute approximate surface area is 85.5 Å². The van der Waals surface area contributed by atoms with Gasteiger partial charge in [-0.3, -0.25) is 0 Å². The minimum atomic E-state index is 0.208. The maximum atomic E-state index is 6.02. The van der Waals surface area contributed by atoms with Gasteiger partial charge in [-0.05, 0) is 26.2 Å². The molecule has 0 aliphatic carbocycles. The summed E-state index contributed by atoms with van der Waals surface area (Å²) in [5.41, 5.74) is 0.208. The minimum absolute atomic E-state index is 0.208. The van der Waals surface area contributed by atoms with Crippen molar-refractivity contribution in [2.24, 2.45) is 5.41 Å². The summed E-state index contributed by atoms with van der Waals surface area (Å²) >= 11 is 6.02. The zero-order chi connectivity index (χ0) is 9.73. The van der Waals surface area contributed by atoms with Crippen LogP contribution in [0, 0.1) is 5.41 Å². The van der Waals surface area contributed by atoms with E-state index in [2.05, 4.69) is 6.92 Å². The van der Waals surface area contributed by atoms with Gasteiger partial charge in [0.05, 0.1) is 6.10 Å². The maximum absolute atomic E-state index is 6.02. The van der Waals surface area contributed by atoms with Crippen molar-refractivity contribution >= 4 is 11.6 Å². The predicted molar refractivity (Wildman–Crippen MR) is 54.3 cm³/mol. The Morgan fingerprint density at radius 3 is 2.85 bits per heavy atom. The fraction of sp³-hybridized carbons (Fsp3) is 1.00. The Hall–Kier alpha value is 0.210. The number of rotatable bonds is 5. The number of hydrogen-bond acceptors (Lipinski definition) is 2. The van der Waals surface area contributed by atoms with Crippen LogP contribution >= 0.6 is 11.6 Å². The molecule has 3 heteroatoms. The van der Waals surface area contributed by atoms with Crippen LogP contribution in [0.2, 0.25) is 0 Å². The smallest absolute Gasteiger partial charge is 0.0615 e. The van der Waals surface area contributed by atoms with E-state index in [0.29, 0.717) is 12.0 Å². The van der Waals surface area contributed by atoms with E-state index in [1.807, 2.05) is 0 Å². The molecule has 0 spiro atoms. The van der Waals surface area contributed by atoms with Crippen LogP contribution in [0.25, 0.3) is 0 Å². The van der Waals surface area contributed by atoms with Crippen LogP contribution in [0.3, 0.4) is 0 Å². The van der Waals surface area contributed by atoms with Crippen LogP contribution in [-0.4, -0.2) is 32.3 Å². The molecule has 0 aromatic heterocycles. The van der Waals surface area contributed by atoms with E-state index in [1.54, 1.807) is 7.11 Å². The monoisotopic (exact) mass is 206 g/mol. The molecule has 0 radical (unpaired) electrons. The first-order chi connectivity index (χ1) is 6.25. The van der Waals surface area contributed by atoms with E-state index in [1.165, 1.54) is 0 Å². The molecular formula is C10H19ClO2. The molecule has 13 heavy (non-hydrogen) atoms. The number of hydrogen-bond donors (Lipinski definition) is 0. The number of alkyl halides is 1. The molecule has 1 rings (SSSR count). The van der Waals surface area contributed by atoms with Crippen molar-refractivity contribution in [3.8, 4) is 0 Å². The third-order valence-electron chi connectivity index (χ3n) is 3.12. The fourth-order valence-electron chi connectivity index (χ4n) is 1.96. The van der Waals surface area contributed by atoms with Crippen molar-refractivity contribution in [3.63, 3.8) is 0 Å². The van der Waals surface area contributed by atoms with E-state index in [4.69, 9.17) is 21.1 Å². The molecule has 2 atom stereocenters. The average Bonchev–Trinajstić information content (AvgIpc) is 2.49. The van der Waals surface area contributed by atoms with Crippen LogP contribution in [0.4, 0.5) is 0 Å². The molecule has 0 saturated carbocycles. The average molecular weight is 207 g/mol. The first-order valence-corrected chi connectivity index (χ1v) is 5.45. The summed E-state index contributed by atoms with van der Waals surface area (Å²) in [6, 6.07) is 0. The van der Waals surface area contributed by atoms with Crippen LogP contribution in [0.15, 0.2) is 0 Å². The largest absolute Gasteiger partial charge is 0.385 e. The molecule has 78 valence electrons. The third-order valence-corrected chi connectivity index (χ3v) is 3.65. The Morgan fingerprint density at radius 1 is 1.62 bits per heavy atom. The number of halogens is 1. The lowest BCUT2D eigenvalue weighted by molar-refractivity contribution is 0.0639. The zero-order valence-electron chi connectivity index (χ0n) is 8.51. The van der Waals surface area contributed by atoms with E-state index < -0.39 is 0 Å². The van der Waals surface area contributed by atoms with Crippen molar-refractivity contribution < 1.29 is 9.47 Å². The van der Waals surface area contributed by atoms with Gasteiger partial charge in [0.1, 0.15) is 0 Å². The molecule has 1 heterocycles. The first kappa shape index (κ1) is 11.3. The van der Waals surface area contributed by atoms with Crippen molar-refractivity contribution in [1.82, 2.24) is 0 Å². The third kappa shape index (κ3) is 2.58. The lowest BCUT2D eigenvalue weighted by Gasteiger charge is -2.29. The summed E-state index contributed by atoms with van der Waals surface area (Å²) in [6.45, 7) is 3.81. The van der Waals surface area contributed by atoms with Crippen molar-refractivity contribution in [3.05, 3.63) is 0 Å². The Balaban J connectivity index is 2.39. The Bertz CT molecular complexity index is 152. The molecule has 1 aliphatic rings. The van der Waals surface area contributed by atoms with Gasteiger partial charge in [-0.1, -0.05) is 0 Å². The topological polar surface area (TPSA) is 18.5 Å². The normalized spacial score (nSPS) is 33.9. The summed E-state index contributed by atoms with van der Waals surface area (Å²) in [5, 5.41) is 0. The summed E-state index contributed by atoms with van der Waals surface area (Å²) in [5.74, 6) is 0.706. The molecule has 1 fully saturated rings. The molecule has 2 nitrogen and oxygen atoms in total. The summed E-state index contributed by atoms with van der Waals surface area (Å²) in [7, 11) is 1.74. The van der Waals surface area contributed by atoms with Gasteiger partial charge >= 0.3 is 0 Å². The van der Waals surface area contributed by atoms with Gasteiger partial charge in [0, 0.05) is 31.6 Å². The van der Waals surface area contributed by atoms with E-state index in [-0.39, 0.29) is 5.41 Å². The van der Waals surface area contributed by atoms with Gasteiger partial charge in [0.25, 0.3) is 0 Å². The van der Waals surface area contributed by atoms with Crippen molar-refractivity contribution in [1.29, 1.82) is 0 Å². The highest BCUT2D eigenvalue weighted by Gasteiger charge is 2.39. The number of ether oxygens (including phenoxy) is 2. The maximum Gasteiger partial charge on any atom is 0.0615 e. The first-order valence-electron chi connectivity index (χ1n) is 4.92. The molecule has 0 aromatic carbocycles. The summed E-state index contributed by atoms with van der Waals surface area (Å²) in [4.78, 5) is 0. The SMILES string of the molecule is COCCCC1(CCl)CCOC1C. The lowest BCUT2D eigenvalue weighted by atomic mass is 9.79. The minimum Gasteiger partial charge on any atom is -0.385 e. The highest BCUT2D eigenvalue weighted by molar-refractivity contribution is 6.18. The number of methoxy groups -OCH3 is 1. The fourth-order valence-corrected chi connectivity index (χ4v) is 2.44. The highest BCUT2D eigenvalue weighted by atomic mass is 35.5. The summed E-state index contributed by atoms with van der Waals surface area (Å²) < 4.78 is 10.6. The van der Waals surface area contributed by atoms with Crippen molar-refractivity contribution in [2.75, 3.05) is 26.2 Å². The standard InChI is InChI=1S/C10H19ClO2/c1-9-10(8-11,5-7-13-9)4-3-6-12-2/h9H,3-8H2,1-2H3. The second kappa shape index (κ2) is 5.18. The molecule has 0 bridgehead atoms. The van der Waals surface area contributed by atoms with Gasteiger partial charge in [-0.25, -0.2) is 0 Å². The highest BCUT2D eigenvalue weighted by Crippen LogP contribution is 2.40. The summed E-state index contributed by atoms with van der Waals surface area (Å²) in [6.07, 6.45) is 3.60. The van der Waals surface area contributed by atoms with Crippen LogP contribution in [0.1, 0.15) is 26.2 Å². The van der Waals surface area contributed by atoms with Gasteiger partial charge in [0.2, 0.25) is 0 Å². The lowest BCUT2D eigenvalue weighted by Crippen LogP contribution is -2.30. The second-order valence-corrected chi connectivity index (χ2v) is 4.12. The van der Waals surface area contributed by atoms with Crippen LogP contribution in [-0.2, 0) is 9.47 Å². The van der Waals surface area contributed by atoms with Crippen molar-refractivity contribution in [2.45, 2.75) is 32.3 Å². The molecule has 1 saturated heterocycles. The second-order valence-electron chi connectivity index (χ2n) is 3.86. The molecular weight excluding hydrogens is 188 g/mol. The quantitative estimate of drug-likeness (QED) is 0.508. The van der Waals surface area contributed by atoms with E-state index >= 15 is 0 Å². The molecule has 0 aromatic rings. The Kier molecular flexibility index (Phi) is 4.50. The zero-order valence-corrected chi connectivity index (χ0v) is 9.27. The van der Waals surface area contributed by atoms with E-state index in [9.17, 15) is 0 Å².